The first-order valence-corrected chi connectivity index (χ1v) is 4.36. The molecule has 72 valence electrons. The minimum Gasteiger partial charge on any atom is -0.393 e. The van der Waals surface area contributed by atoms with Crippen molar-refractivity contribution in [3.63, 3.8) is 0 Å². The maximum atomic E-state index is 9.28. The molecule has 0 atom stereocenters. The van der Waals surface area contributed by atoms with Gasteiger partial charge in [0, 0.05) is 13.1 Å². The molecule has 1 saturated heterocycles. The number of rotatable bonds is 1. The van der Waals surface area contributed by atoms with Gasteiger partial charge in [-0.1, -0.05) is 0 Å². The van der Waals surface area contributed by atoms with E-state index >= 15 is 0 Å². The summed E-state index contributed by atoms with van der Waals surface area (Å²) in [6, 6.07) is 0. The summed E-state index contributed by atoms with van der Waals surface area (Å²) in [4.78, 5) is 6.03. The van der Waals surface area contributed by atoms with E-state index in [9.17, 15) is 5.11 Å². The smallest absolute Gasteiger partial charge is 0.246 e. The van der Waals surface area contributed by atoms with E-state index in [4.69, 9.17) is 5.73 Å². The van der Waals surface area contributed by atoms with E-state index in [1.807, 2.05) is 4.90 Å². The molecular weight excluding hydrogens is 170 g/mol. The highest BCUT2D eigenvalue weighted by Gasteiger charge is 2.19. The molecule has 4 N–H and O–H groups in total. The zero-order chi connectivity index (χ0) is 9.26. The number of nitrogen functional groups attached to an aromatic ring is 1. The van der Waals surface area contributed by atoms with Crippen molar-refractivity contribution in [2.45, 2.75) is 18.9 Å². The van der Waals surface area contributed by atoms with Crippen LogP contribution in [0.4, 0.5) is 11.9 Å². The Kier molecular flexibility index (Phi) is 2.05. The third-order valence-electron chi connectivity index (χ3n) is 2.24. The first kappa shape index (κ1) is 8.31. The first-order valence-electron chi connectivity index (χ1n) is 4.36. The van der Waals surface area contributed by atoms with Gasteiger partial charge >= 0.3 is 0 Å². The Balaban J connectivity index is 2.02. The van der Waals surface area contributed by atoms with Gasteiger partial charge in [-0.3, -0.25) is 0 Å². The molecule has 1 aromatic rings. The number of aromatic amines is 1. The molecule has 2 rings (SSSR count). The maximum absolute atomic E-state index is 9.28. The summed E-state index contributed by atoms with van der Waals surface area (Å²) in [5.41, 5.74) is 5.41. The molecule has 0 bridgehead atoms. The lowest BCUT2D eigenvalue weighted by Gasteiger charge is -2.28. The molecule has 6 nitrogen and oxygen atoms in total. The summed E-state index contributed by atoms with van der Waals surface area (Å²) in [5, 5.41) is 15.8. The fourth-order valence-electron chi connectivity index (χ4n) is 1.47. The lowest BCUT2D eigenvalue weighted by molar-refractivity contribution is 0.145. The number of nitrogens with zero attached hydrogens (tertiary/aromatic N) is 3. The molecule has 0 aromatic carbocycles. The minimum atomic E-state index is -0.174. The summed E-state index contributed by atoms with van der Waals surface area (Å²) < 4.78 is 0. The summed E-state index contributed by atoms with van der Waals surface area (Å²) in [6.07, 6.45) is 1.37. The zero-order valence-corrected chi connectivity index (χ0v) is 7.27. The highest BCUT2D eigenvalue weighted by molar-refractivity contribution is 5.34. The van der Waals surface area contributed by atoms with Gasteiger partial charge in [0.1, 0.15) is 0 Å². The van der Waals surface area contributed by atoms with Crippen molar-refractivity contribution in [3.8, 4) is 0 Å². The predicted octanol–water partition coefficient (Wildman–Crippen LogP) is -0.652. The molecule has 1 aliphatic rings. The topological polar surface area (TPSA) is 91.1 Å². The van der Waals surface area contributed by atoms with Crippen LogP contribution >= 0.6 is 0 Å². The van der Waals surface area contributed by atoms with Gasteiger partial charge in [-0.05, 0) is 12.8 Å². The standard InChI is InChI=1S/C7H13N5O/c8-6-9-7(11-10-6)12-3-1-5(13)2-4-12/h5,13H,1-4H2,(H3,8,9,10,11). The largest absolute Gasteiger partial charge is 0.393 e. The van der Waals surface area contributed by atoms with E-state index in [2.05, 4.69) is 15.2 Å². The second-order valence-corrected chi connectivity index (χ2v) is 3.24. The van der Waals surface area contributed by atoms with Crippen molar-refractivity contribution >= 4 is 11.9 Å². The molecule has 13 heavy (non-hydrogen) atoms. The summed E-state index contributed by atoms with van der Waals surface area (Å²) in [5.74, 6) is 0.963. The summed E-state index contributed by atoms with van der Waals surface area (Å²) >= 11 is 0. The quantitative estimate of drug-likeness (QED) is 0.538. The Morgan fingerprint density at radius 3 is 2.69 bits per heavy atom. The Bertz CT molecular complexity index is 278. The van der Waals surface area contributed by atoms with Crippen LogP contribution in [0.3, 0.4) is 0 Å². The normalized spacial score (nSPS) is 19.3. The van der Waals surface area contributed by atoms with E-state index < -0.39 is 0 Å². The number of hydrogen-bond donors (Lipinski definition) is 3. The number of aliphatic hydroxyl groups excluding tert-OH is 1. The van der Waals surface area contributed by atoms with Crippen molar-refractivity contribution in [1.29, 1.82) is 0 Å². The Hall–Kier alpha value is -1.30. The zero-order valence-electron chi connectivity index (χ0n) is 7.27. The van der Waals surface area contributed by atoms with Gasteiger partial charge in [-0.2, -0.15) is 4.98 Å². The Labute approximate surface area is 75.8 Å². The maximum Gasteiger partial charge on any atom is 0.246 e. The SMILES string of the molecule is Nc1nc(N2CCC(O)CC2)n[nH]1. The molecule has 0 saturated carbocycles. The lowest BCUT2D eigenvalue weighted by Crippen LogP contribution is -2.36. The van der Waals surface area contributed by atoms with Crippen LogP contribution in [0.5, 0.6) is 0 Å². The molecule has 2 heterocycles. The van der Waals surface area contributed by atoms with Crippen LogP contribution in [0.15, 0.2) is 0 Å². The van der Waals surface area contributed by atoms with Gasteiger partial charge in [-0.15, -0.1) is 5.10 Å². The lowest BCUT2D eigenvalue weighted by atomic mass is 10.1. The Morgan fingerprint density at radius 2 is 2.15 bits per heavy atom. The van der Waals surface area contributed by atoms with Gasteiger partial charge in [0.15, 0.2) is 0 Å². The van der Waals surface area contributed by atoms with E-state index in [0.29, 0.717) is 11.9 Å². The third kappa shape index (κ3) is 1.72. The fraction of sp³-hybridized carbons (Fsp3) is 0.714. The molecule has 1 aromatic heterocycles. The number of H-pyrrole nitrogens is 1. The average Bonchev–Trinajstić information content (AvgIpc) is 2.53. The molecule has 0 amide bonds. The fourth-order valence-corrected chi connectivity index (χ4v) is 1.47. The van der Waals surface area contributed by atoms with E-state index in [1.54, 1.807) is 0 Å². The van der Waals surface area contributed by atoms with Crippen molar-refractivity contribution in [1.82, 2.24) is 15.2 Å². The Morgan fingerprint density at radius 1 is 1.46 bits per heavy atom. The molecule has 6 heteroatoms. The minimum absolute atomic E-state index is 0.174. The van der Waals surface area contributed by atoms with Gasteiger partial charge in [0.25, 0.3) is 0 Å². The molecular formula is C7H13N5O. The number of piperidine rings is 1. The molecule has 1 aliphatic heterocycles. The van der Waals surface area contributed by atoms with Crippen LogP contribution < -0.4 is 10.6 Å². The van der Waals surface area contributed by atoms with Gasteiger partial charge in [-0.25, -0.2) is 5.10 Å². The second-order valence-electron chi connectivity index (χ2n) is 3.24. The third-order valence-corrected chi connectivity index (χ3v) is 2.24. The van der Waals surface area contributed by atoms with Crippen LogP contribution in [0.1, 0.15) is 12.8 Å². The van der Waals surface area contributed by atoms with E-state index in [1.165, 1.54) is 0 Å². The molecule has 0 aliphatic carbocycles. The molecule has 1 fully saturated rings. The first-order chi connectivity index (χ1) is 6.25. The number of hydrogen-bond acceptors (Lipinski definition) is 5. The van der Waals surface area contributed by atoms with E-state index in [-0.39, 0.29) is 6.10 Å². The van der Waals surface area contributed by atoms with Crippen molar-refractivity contribution < 1.29 is 5.11 Å². The number of aliphatic hydroxyl groups is 1. The van der Waals surface area contributed by atoms with Crippen LogP contribution in [0, 0.1) is 0 Å². The highest BCUT2D eigenvalue weighted by atomic mass is 16.3. The molecule has 0 radical (unpaired) electrons. The van der Waals surface area contributed by atoms with Crippen LogP contribution in [-0.2, 0) is 0 Å². The monoisotopic (exact) mass is 183 g/mol. The number of anilines is 2. The average molecular weight is 183 g/mol. The van der Waals surface area contributed by atoms with Gasteiger partial charge in [0.05, 0.1) is 6.10 Å². The van der Waals surface area contributed by atoms with Crippen LogP contribution in [0.2, 0.25) is 0 Å². The van der Waals surface area contributed by atoms with Crippen LogP contribution in [0.25, 0.3) is 0 Å². The number of nitrogens with one attached hydrogen (secondary N) is 1. The van der Waals surface area contributed by atoms with E-state index in [0.717, 1.165) is 25.9 Å². The molecule has 0 unspecified atom stereocenters. The summed E-state index contributed by atoms with van der Waals surface area (Å²) in [7, 11) is 0. The molecule has 0 spiro atoms. The van der Waals surface area contributed by atoms with Crippen molar-refractivity contribution in [3.05, 3.63) is 0 Å². The number of nitrogens with two attached hydrogens (primary N) is 1. The van der Waals surface area contributed by atoms with Crippen molar-refractivity contribution in [2.75, 3.05) is 23.7 Å². The number of aromatic nitrogens is 3. The highest BCUT2D eigenvalue weighted by Crippen LogP contribution is 2.15. The second kappa shape index (κ2) is 3.21. The summed E-state index contributed by atoms with van der Waals surface area (Å²) in [6.45, 7) is 1.58. The van der Waals surface area contributed by atoms with Crippen LogP contribution in [-0.4, -0.2) is 39.5 Å². The predicted molar refractivity (Wildman–Crippen MR) is 48.2 cm³/mol. The van der Waals surface area contributed by atoms with Gasteiger partial charge in [0.2, 0.25) is 11.9 Å². The van der Waals surface area contributed by atoms with Gasteiger partial charge < -0.3 is 15.7 Å². The van der Waals surface area contributed by atoms with Crippen molar-refractivity contribution in [2.24, 2.45) is 0 Å².